The first-order chi connectivity index (χ1) is 14.2. The molecule has 1 aliphatic heterocycles. The van der Waals surface area contributed by atoms with Crippen molar-refractivity contribution in [2.24, 2.45) is 0 Å². The smallest absolute Gasteiger partial charge is 0.303 e. The second-order valence-corrected chi connectivity index (χ2v) is 8.96. The van der Waals surface area contributed by atoms with Gasteiger partial charge < -0.3 is 15.3 Å². The van der Waals surface area contributed by atoms with Crippen LogP contribution in [0.15, 0.2) is 42.5 Å². The van der Waals surface area contributed by atoms with Crippen LogP contribution in [0.25, 0.3) is 0 Å². The van der Waals surface area contributed by atoms with Crippen molar-refractivity contribution < 1.29 is 14.3 Å². The van der Waals surface area contributed by atoms with Crippen LogP contribution in [0.5, 0.6) is 0 Å². The Morgan fingerprint density at radius 1 is 1.30 bits per heavy atom. The summed E-state index contributed by atoms with van der Waals surface area (Å²) in [6.45, 7) is 6.06. The van der Waals surface area contributed by atoms with E-state index in [9.17, 15) is 14.3 Å². The second-order valence-electron chi connectivity index (χ2n) is 8.53. The number of carboxylic acids is 1. The van der Waals surface area contributed by atoms with Crippen molar-refractivity contribution in [3.63, 3.8) is 0 Å². The van der Waals surface area contributed by atoms with E-state index in [1.807, 2.05) is 49.4 Å². The number of halogens is 2. The van der Waals surface area contributed by atoms with Gasteiger partial charge in [-0.05, 0) is 81.0 Å². The second kappa shape index (κ2) is 9.25. The minimum Gasteiger partial charge on any atom is -0.481 e. The molecule has 1 saturated heterocycles. The van der Waals surface area contributed by atoms with Crippen molar-refractivity contribution in [2.75, 3.05) is 16.8 Å². The van der Waals surface area contributed by atoms with Crippen molar-refractivity contribution >= 4 is 34.6 Å². The molecule has 1 fully saturated rings. The van der Waals surface area contributed by atoms with E-state index in [0.717, 1.165) is 48.4 Å². The molecule has 1 aliphatic rings. The van der Waals surface area contributed by atoms with Crippen LogP contribution in [0, 0.1) is 0 Å². The van der Waals surface area contributed by atoms with Gasteiger partial charge in [0.25, 0.3) is 0 Å². The summed E-state index contributed by atoms with van der Waals surface area (Å²) in [4.78, 5) is 13.4. The third kappa shape index (κ3) is 5.25. The zero-order valence-corrected chi connectivity index (χ0v) is 18.5. The summed E-state index contributed by atoms with van der Waals surface area (Å²) in [5.41, 5.74) is 2.32. The van der Waals surface area contributed by atoms with Crippen molar-refractivity contribution in [2.45, 2.75) is 64.1 Å². The van der Waals surface area contributed by atoms with Crippen molar-refractivity contribution in [3.8, 4) is 0 Å². The van der Waals surface area contributed by atoms with Crippen LogP contribution < -0.4 is 10.2 Å². The lowest BCUT2D eigenvalue weighted by Crippen LogP contribution is -2.43. The highest BCUT2D eigenvalue weighted by Crippen LogP contribution is 2.40. The van der Waals surface area contributed by atoms with E-state index in [1.165, 1.54) is 0 Å². The van der Waals surface area contributed by atoms with Crippen LogP contribution in [0.3, 0.4) is 0 Å². The number of rotatable bonds is 8. The van der Waals surface area contributed by atoms with E-state index in [2.05, 4.69) is 10.2 Å². The summed E-state index contributed by atoms with van der Waals surface area (Å²) in [6, 6.07) is 13.2. The molecule has 6 heteroatoms. The number of hydrogen-bond acceptors (Lipinski definition) is 3. The summed E-state index contributed by atoms with van der Waals surface area (Å²) < 4.78 is 14.9. The average Bonchev–Trinajstić information content (AvgIpc) is 3.18. The molecule has 2 aromatic carbocycles. The summed E-state index contributed by atoms with van der Waals surface area (Å²) in [5.74, 6) is -0.883. The minimum atomic E-state index is -1.32. The Balaban J connectivity index is 2.02. The average molecular weight is 433 g/mol. The zero-order chi connectivity index (χ0) is 21.9. The molecule has 30 heavy (non-hydrogen) atoms. The van der Waals surface area contributed by atoms with E-state index in [1.54, 1.807) is 13.8 Å². The predicted octanol–water partition coefficient (Wildman–Crippen LogP) is 6.77. The molecule has 0 bridgehead atoms. The molecule has 2 atom stereocenters. The lowest BCUT2D eigenvalue weighted by Gasteiger charge is -2.35. The Kier molecular flexibility index (Phi) is 6.91. The van der Waals surface area contributed by atoms with Gasteiger partial charge in [0.15, 0.2) is 0 Å². The molecule has 1 heterocycles. The molecule has 2 N–H and O–H groups in total. The number of nitrogens with zero attached hydrogens (tertiary/aromatic N) is 1. The van der Waals surface area contributed by atoms with Gasteiger partial charge in [0.2, 0.25) is 0 Å². The number of carbonyl (C=O) groups is 1. The number of hydrogen-bond donors (Lipinski definition) is 2. The fourth-order valence-electron chi connectivity index (χ4n) is 4.32. The van der Waals surface area contributed by atoms with Crippen molar-refractivity contribution in [1.29, 1.82) is 0 Å². The molecular formula is C24H30ClFN2O2. The molecule has 0 spiro atoms. The molecule has 0 aromatic heterocycles. The van der Waals surface area contributed by atoms with Gasteiger partial charge in [0, 0.05) is 17.3 Å². The van der Waals surface area contributed by atoms with Crippen LogP contribution >= 0.6 is 11.6 Å². The predicted molar refractivity (Wildman–Crippen MR) is 122 cm³/mol. The number of nitrogens with one attached hydrogen (secondary N) is 1. The van der Waals surface area contributed by atoms with Crippen molar-refractivity contribution in [3.05, 3.63) is 53.1 Å². The molecule has 3 rings (SSSR count). The highest BCUT2D eigenvalue weighted by Gasteiger charge is 2.38. The molecule has 0 aliphatic carbocycles. The lowest BCUT2D eigenvalue weighted by molar-refractivity contribution is -0.137. The van der Waals surface area contributed by atoms with E-state index >= 15 is 0 Å². The van der Waals surface area contributed by atoms with Gasteiger partial charge in [0.1, 0.15) is 5.67 Å². The van der Waals surface area contributed by atoms with Crippen LogP contribution in [-0.2, 0) is 4.79 Å². The fraction of sp³-hybridized carbons (Fsp3) is 0.458. The first-order valence-electron chi connectivity index (χ1n) is 10.5. The van der Waals surface area contributed by atoms with Gasteiger partial charge in [-0.3, -0.25) is 4.79 Å². The monoisotopic (exact) mass is 432 g/mol. The first kappa shape index (κ1) is 22.4. The van der Waals surface area contributed by atoms with E-state index in [0.29, 0.717) is 5.02 Å². The molecule has 0 unspecified atom stereocenters. The summed E-state index contributed by atoms with van der Waals surface area (Å²) in [7, 11) is 0. The van der Waals surface area contributed by atoms with Crippen molar-refractivity contribution in [1.82, 2.24) is 0 Å². The van der Waals surface area contributed by atoms with Crippen LogP contribution in [0.2, 0.25) is 5.02 Å². The maximum Gasteiger partial charge on any atom is 0.303 e. The largest absolute Gasteiger partial charge is 0.481 e. The maximum absolute atomic E-state index is 14.9. The molecule has 0 amide bonds. The number of aliphatic carboxylic acids is 1. The molecule has 0 saturated carbocycles. The summed E-state index contributed by atoms with van der Waals surface area (Å²) in [6.07, 6.45) is 2.56. The lowest BCUT2D eigenvalue weighted by atomic mass is 9.92. The number of benzene rings is 2. The SMILES string of the molecule is CC[C@@H](CC(=O)O)c1ccc(N2CCC[C@H]2C(C)(C)F)c(Nc2ccc(Cl)cc2)c1. The topological polar surface area (TPSA) is 52.6 Å². The number of anilines is 3. The fourth-order valence-corrected chi connectivity index (χ4v) is 4.45. The molecule has 4 nitrogen and oxygen atoms in total. The Bertz CT molecular complexity index is 880. The quantitative estimate of drug-likeness (QED) is 0.483. The van der Waals surface area contributed by atoms with Gasteiger partial charge in [-0.15, -0.1) is 0 Å². The van der Waals surface area contributed by atoms with Crippen LogP contribution in [0.1, 0.15) is 57.9 Å². The summed E-state index contributed by atoms with van der Waals surface area (Å²) >= 11 is 6.02. The standard InChI is InChI=1S/C24H30ClFN2O2/c1-4-16(15-23(29)30)17-7-12-21(28-13-5-6-22(28)24(2,3)26)20(14-17)27-19-10-8-18(25)9-11-19/h7-12,14,16,22,27H,4-6,13,15H2,1-3H3,(H,29,30)/t16-,22-/m0/s1. The van der Waals surface area contributed by atoms with E-state index in [4.69, 9.17) is 11.6 Å². The van der Waals surface area contributed by atoms with Crippen LogP contribution in [-0.4, -0.2) is 29.3 Å². The molecular weight excluding hydrogens is 403 g/mol. The minimum absolute atomic E-state index is 0.0747. The van der Waals surface area contributed by atoms with Gasteiger partial charge in [-0.25, -0.2) is 4.39 Å². The van der Waals surface area contributed by atoms with Gasteiger partial charge >= 0.3 is 5.97 Å². The Labute approximate surface area is 183 Å². The normalized spacial score (nSPS) is 17.8. The van der Waals surface area contributed by atoms with E-state index in [-0.39, 0.29) is 18.4 Å². The van der Waals surface area contributed by atoms with Gasteiger partial charge in [-0.2, -0.15) is 0 Å². The number of alkyl halides is 1. The Hall–Kier alpha value is -2.27. The van der Waals surface area contributed by atoms with Gasteiger partial charge in [0.05, 0.1) is 23.8 Å². The Morgan fingerprint density at radius 3 is 2.60 bits per heavy atom. The van der Waals surface area contributed by atoms with Gasteiger partial charge in [-0.1, -0.05) is 24.6 Å². The zero-order valence-electron chi connectivity index (χ0n) is 17.8. The third-order valence-corrected chi connectivity index (χ3v) is 6.14. The first-order valence-corrected chi connectivity index (χ1v) is 10.9. The highest BCUT2D eigenvalue weighted by atomic mass is 35.5. The molecule has 0 radical (unpaired) electrons. The maximum atomic E-state index is 14.9. The van der Waals surface area contributed by atoms with Crippen LogP contribution in [0.4, 0.5) is 21.5 Å². The Morgan fingerprint density at radius 2 is 2.00 bits per heavy atom. The third-order valence-electron chi connectivity index (χ3n) is 5.88. The summed E-state index contributed by atoms with van der Waals surface area (Å²) in [5, 5.41) is 13.4. The highest BCUT2D eigenvalue weighted by molar-refractivity contribution is 6.30. The molecule has 2 aromatic rings. The van der Waals surface area contributed by atoms with E-state index < -0.39 is 11.6 Å². The number of carboxylic acid groups (broad SMARTS) is 1. The molecule has 162 valence electrons.